The van der Waals surface area contributed by atoms with Crippen LogP contribution >= 0.6 is 15.9 Å². The van der Waals surface area contributed by atoms with E-state index in [9.17, 15) is 17.6 Å². The lowest BCUT2D eigenvalue weighted by Crippen LogP contribution is -2.08. The second kappa shape index (κ2) is 5.91. The zero-order chi connectivity index (χ0) is 14.8. The van der Waals surface area contributed by atoms with Crippen molar-refractivity contribution < 1.29 is 17.6 Å². The van der Waals surface area contributed by atoms with Crippen LogP contribution in [-0.2, 0) is 12.6 Å². The molecule has 0 aliphatic heterocycles. The molecule has 2 rings (SSSR count). The second-order valence-corrected chi connectivity index (χ2v) is 5.33. The van der Waals surface area contributed by atoms with Crippen molar-refractivity contribution >= 4 is 15.9 Å². The number of rotatable bonds is 3. The average Bonchev–Trinajstić information content (AvgIpc) is 2.39. The summed E-state index contributed by atoms with van der Waals surface area (Å²) in [5.74, 6) is -0.671. The van der Waals surface area contributed by atoms with Crippen LogP contribution in [0.3, 0.4) is 0 Å². The maximum Gasteiger partial charge on any atom is 0.416 e. The number of benzene rings is 1. The Bertz CT molecular complexity index is 583. The molecule has 0 aliphatic rings. The largest absolute Gasteiger partial charge is 0.416 e. The van der Waals surface area contributed by atoms with Gasteiger partial charge in [-0.2, -0.15) is 13.2 Å². The fourth-order valence-corrected chi connectivity index (χ4v) is 2.46. The van der Waals surface area contributed by atoms with Crippen LogP contribution in [0.4, 0.5) is 17.6 Å². The van der Waals surface area contributed by atoms with E-state index in [0.29, 0.717) is 12.1 Å². The molecule has 6 heteroatoms. The minimum Gasteiger partial charge on any atom is -0.261 e. The maximum atomic E-state index is 13.7. The van der Waals surface area contributed by atoms with Gasteiger partial charge in [0.05, 0.1) is 5.56 Å². The number of hydrogen-bond donors (Lipinski definition) is 0. The molecule has 0 spiro atoms. The number of nitrogens with zero attached hydrogens (tertiary/aromatic N) is 1. The third kappa shape index (κ3) is 3.56. The molecule has 1 heterocycles. The predicted molar refractivity (Wildman–Crippen MR) is 71.0 cm³/mol. The van der Waals surface area contributed by atoms with Gasteiger partial charge in [0.25, 0.3) is 0 Å². The van der Waals surface area contributed by atoms with Gasteiger partial charge in [0.15, 0.2) is 0 Å². The highest BCUT2D eigenvalue weighted by Crippen LogP contribution is 2.35. The number of alkyl halides is 4. The quantitative estimate of drug-likeness (QED) is 0.567. The summed E-state index contributed by atoms with van der Waals surface area (Å²) in [4.78, 5) is 3.50. The number of aromatic nitrogens is 1. The first-order chi connectivity index (χ1) is 9.38. The van der Waals surface area contributed by atoms with Crippen molar-refractivity contribution in [3.63, 3.8) is 0 Å². The Morgan fingerprint density at radius 2 is 1.90 bits per heavy atom. The highest BCUT2D eigenvalue weighted by Gasteiger charge is 2.31. The van der Waals surface area contributed by atoms with Crippen molar-refractivity contribution in [3.8, 4) is 0 Å². The monoisotopic (exact) mass is 347 g/mol. The number of hydrogen-bond acceptors (Lipinski definition) is 1. The van der Waals surface area contributed by atoms with E-state index in [-0.39, 0.29) is 5.56 Å². The van der Waals surface area contributed by atoms with Crippen molar-refractivity contribution in [1.29, 1.82) is 0 Å². The molecule has 0 radical (unpaired) electrons. The van der Waals surface area contributed by atoms with Crippen LogP contribution in [0.2, 0.25) is 0 Å². The minimum atomic E-state index is -4.49. The summed E-state index contributed by atoms with van der Waals surface area (Å²) in [6, 6.07) is 7.64. The Hall–Kier alpha value is -1.43. The Morgan fingerprint density at radius 3 is 2.50 bits per heavy atom. The summed E-state index contributed by atoms with van der Waals surface area (Å²) >= 11 is 3.23. The molecule has 0 fully saturated rings. The molecule has 0 bridgehead atoms. The summed E-state index contributed by atoms with van der Waals surface area (Å²) in [5.41, 5.74) is -0.212. The molecule has 1 atom stereocenters. The zero-order valence-corrected chi connectivity index (χ0v) is 11.7. The Labute approximate surface area is 121 Å². The topological polar surface area (TPSA) is 12.9 Å². The van der Waals surface area contributed by atoms with Crippen LogP contribution in [0.25, 0.3) is 0 Å². The molecule has 0 aliphatic carbocycles. The molecular weight excluding hydrogens is 338 g/mol. The lowest BCUT2D eigenvalue weighted by molar-refractivity contribution is -0.137. The van der Waals surface area contributed by atoms with Crippen molar-refractivity contribution in [2.45, 2.75) is 17.4 Å². The summed E-state index contributed by atoms with van der Waals surface area (Å²) in [6.45, 7) is 0. The van der Waals surface area contributed by atoms with Crippen molar-refractivity contribution in [1.82, 2.24) is 4.98 Å². The average molecular weight is 348 g/mol. The molecule has 0 N–H and O–H groups in total. The van der Waals surface area contributed by atoms with E-state index < -0.39 is 22.4 Å². The summed E-state index contributed by atoms with van der Waals surface area (Å²) in [6.07, 6.45) is -2.60. The van der Waals surface area contributed by atoms with Crippen LogP contribution in [0.1, 0.15) is 21.6 Å². The molecule has 20 heavy (non-hydrogen) atoms. The zero-order valence-electron chi connectivity index (χ0n) is 10.2. The molecule has 2 aromatic rings. The van der Waals surface area contributed by atoms with Crippen molar-refractivity contribution in [2.75, 3.05) is 0 Å². The third-order valence-corrected chi connectivity index (χ3v) is 3.59. The van der Waals surface area contributed by atoms with Gasteiger partial charge in [0.1, 0.15) is 5.82 Å². The third-order valence-electron chi connectivity index (χ3n) is 2.78. The first-order valence-electron chi connectivity index (χ1n) is 5.78. The van der Waals surface area contributed by atoms with E-state index in [1.54, 1.807) is 24.4 Å². The second-order valence-electron chi connectivity index (χ2n) is 4.23. The van der Waals surface area contributed by atoms with Crippen LogP contribution < -0.4 is 0 Å². The smallest absolute Gasteiger partial charge is 0.261 e. The molecule has 1 nitrogen and oxygen atoms in total. The van der Waals surface area contributed by atoms with Gasteiger partial charge in [-0.25, -0.2) is 4.39 Å². The summed E-state index contributed by atoms with van der Waals surface area (Å²) in [7, 11) is 0. The highest BCUT2D eigenvalue weighted by molar-refractivity contribution is 9.09. The van der Waals surface area contributed by atoms with Crippen LogP contribution in [0, 0.1) is 5.82 Å². The highest BCUT2D eigenvalue weighted by atomic mass is 79.9. The van der Waals surface area contributed by atoms with Gasteiger partial charge in [-0.05, 0) is 30.3 Å². The van der Waals surface area contributed by atoms with Crippen LogP contribution in [-0.4, -0.2) is 4.98 Å². The molecule has 1 aromatic carbocycles. The first-order valence-corrected chi connectivity index (χ1v) is 6.70. The first kappa shape index (κ1) is 15.0. The molecule has 1 aromatic heterocycles. The fourth-order valence-electron chi connectivity index (χ4n) is 1.77. The Kier molecular flexibility index (Phi) is 4.42. The lowest BCUT2D eigenvalue weighted by atomic mass is 10.0. The van der Waals surface area contributed by atoms with E-state index in [0.717, 1.165) is 18.2 Å². The molecular formula is C14H10BrF4N. The minimum absolute atomic E-state index is 0.0227. The van der Waals surface area contributed by atoms with Gasteiger partial charge in [-0.1, -0.05) is 22.0 Å². The van der Waals surface area contributed by atoms with E-state index in [1.165, 1.54) is 0 Å². The lowest BCUT2D eigenvalue weighted by Gasteiger charge is -2.14. The van der Waals surface area contributed by atoms with Crippen LogP contribution in [0.15, 0.2) is 42.6 Å². The molecule has 0 saturated heterocycles. The van der Waals surface area contributed by atoms with Gasteiger partial charge in [0.2, 0.25) is 0 Å². The standard InChI is InChI=1S/C14H10BrF4N/c15-12(8-10-3-1-2-6-20-10)11-7-9(14(17,18)19)4-5-13(11)16/h1-7,12H,8H2. The van der Waals surface area contributed by atoms with E-state index >= 15 is 0 Å². The van der Waals surface area contributed by atoms with Gasteiger partial charge < -0.3 is 0 Å². The summed E-state index contributed by atoms with van der Waals surface area (Å²) < 4.78 is 51.6. The maximum absolute atomic E-state index is 13.7. The molecule has 1 unspecified atom stereocenters. The Morgan fingerprint density at radius 1 is 1.15 bits per heavy atom. The van der Waals surface area contributed by atoms with E-state index in [4.69, 9.17) is 0 Å². The SMILES string of the molecule is Fc1ccc(C(F)(F)F)cc1C(Br)Cc1ccccn1. The van der Waals surface area contributed by atoms with Crippen LogP contribution in [0.5, 0.6) is 0 Å². The molecule has 0 amide bonds. The van der Waals surface area contributed by atoms with Crippen molar-refractivity contribution in [2.24, 2.45) is 0 Å². The van der Waals surface area contributed by atoms with E-state index in [2.05, 4.69) is 20.9 Å². The number of halogens is 5. The van der Waals surface area contributed by atoms with Gasteiger partial charge >= 0.3 is 6.18 Å². The van der Waals surface area contributed by atoms with Gasteiger partial charge in [-0.15, -0.1) is 0 Å². The van der Waals surface area contributed by atoms with Gasteiger partial charge in [0, 0.05) is 28.7 Å². The Balaban J connectivity index is 2.27. The normalized spacial score (nSPS) is 13.2. The van der Waals surface area contributed by atoms with E-state index in [1.807, 2.05) is 0 Å². The van der Waals surface area contributed by atoms with Gasteiger partial charge in [-0.3, -0.25) is 4.98 Å². The number of pyridine rings is 1. The molecule has 0 saturated carbocycles. The van der Waals surface area contributed by atoms with Crippen molar-refractivity contribution in [3.05, 3.63) is 65.2 Å². The summed E-state index contributed by atoms with van der Waals surface area (Å²) in [5, 5.41) is 0. The fraction of sp³-hybridized carbons (Fsp3) is 0.214. The molecule has 106 valence electrons. The predicted octanol–water partition coefficient (Wildman–Crippen LogP) is 4.92.